The third-order valence-electron chi connectivity index (χ3n) is 4.09. The van der Waals surface area contributed by atoms with Crippen molar-refractivity contribution in [1.82, 2.24) is 25.3 Å². The molecular formula is C16H29N5O2. The highest BCUT2D eigenvalue weighted by Crippen LogP contribution is 2.13. The number of hydrogen-bond acceptors (Lipinski definition) is 4. The summed E-state index contributed by atoms with van der Waals surface area (Å²) < 4.78 is 7.51. The van der Waals surface area contributed by atoms with Gasteiger partial charge >= 0.3 is 6.03 Å². The minimum Gasteiger partial charge on any atom is -0.373 e. The predicted octanol–water partition coefficient (Wildman–Crippen LogP) is 0.760. The van der Waals surface area contributed by atoms with Crippen molar-refractivity contribution < 1.29 is 9.53 Å². The molecule has 0 aromatic carbocycles. The Morgan fingerprint density at radius 2 is 2.09 bits per heavy atom. The van der Waals surface area contributed by atoms with Gasteiger partial charge in [-0.25, -0.2) is 4.79 Å². The van der Waals surface area contributed by atoms with Crippen LogP contribution in [0.15, 0.2) is 12.4 Å². The van der Waals surface area contributed by atoms with Crippen LogP contribution in [0.2, 0.25) is 0 Å². The van der Waals surface area contributed by atoms with Crippen molar-refractivity contribution in [1.29, 1.82) is 0 Å². The molecule has 1 aromatic rings. The van der Waals surface area contributed by atoms with Crippen LogP contribution in [-0.4, -0.2) is 65.1 Å². The maximum atomic E-state index is 11.9. The molecule has 3 atom stereocenters. The van der Waals surface area contributed by atoms with Crippen LogP contribution in [0.3, 0.4) is 0 Å². The minimum atomic E-state index is -0.116. The minimum absolute atomic E-state index is 0.116. The van der Waals surface area contributed by atoms with Gasteiger partial charge in [-0.1, -0.05) is 0 Å². The molecular weight excluding hydrogens is 294 g/mol. The summed E-state index contributed by atoms with van der Waals surface area (Å²) in [4.78, 5) is 14.2. The van der Waals surface area contributed by atoms with Crippen LogP contribution in [0, 0.1) is 0 Å². The summed E-state index contributed by atoms with van der Waals surface area (Å²) in [7, 11) is 1.89. The number of rotatable bonds is 6. The lowest BCUT2D eigenvalue weighted by molar-refractivity contribution is -0.0778. The molecule has 130 valence electrons. The molecule has 1 fully saturated rings. The maximum Gasteiger partial charge on any atom is 0.314 e. The van der Waals surface area contributed by atoms with Crippen molar-refractivity contribution in [3.05, 3.63) is 18.0 Å². The quantitative estimate of drug-likeness (QED) is 0.811. The lowest BCUT2D eigenvalue weighted by Crippen LogP contribution is -2.53. The van der Waals surface area contributed by atoms with E-state index in [-0.39, 0.29) is 18.2 Å². The van der Waals surface area contributed by atoms with Crippen molar-refractivity contribution in [2.24, 2.45) is 7.05 Å². The van der Waals surface area contributed by atoms with E-state index in [0.717, 1.165) is 25.1 Å². The zero-order valence-corrected chi connectivity index (χ0v) is 14.6. The molecule has 2 amide bonds. The molecule has 0 unspecified atom stereocenters. The van der Waals surface area contributed by atoms with Crippen LogP contribution in [0.25, 0.3) is 0 Å². The molecule has 7 nitrogen and oxygen atoms in total. The second-order valence-corrected chi connectivity index (χ2v) is 6.47. The first kappa shape index (κ1) is 17.7. The summed E-state index contributed by atoms with van der Waals surface area (Å²) in [6.45, 7) is 9.39. The van der Waals surface area contributed by atoms with Gasteiger partial charge in [0.25, 0.3) is 0 Å². The van der Waals surface area contributed by atoms with Crippen LogP contribution in [0.4, 0.5) is 4.79 Å². The summed E-state index contributed by atoms with van der Waals surface area (Å²) in [6, 6.07) is 0.183. The van der Waals surface area contributed by atoms with Crippen molar-refractivity contribution in [2.45, 2.75) is 45.4 Å². The number of aryl methyl sites for hydroxylation is 1. The molecule has 2 N–H and O–H groups in total. The van der Waals surface area contributed by atoms with E-state index in [1.54, 1.807) is 4.68 Å². The molecule has 1 aromatic heterocycles. The van der Waals surface area contributed by atoms with E-state index >= 15 is 0 Å². The number of aromatic nitrogens is 2. The second kappa shape index (κ2) is 8.31. The number of nitrogens with zero attached hydrogens (tertiary/aromatic N) is 3. The van der Waals surface area contributed by atoms with Crippen molar-refractivity contribution >= 4 is 6.03 Å². The van der Waals surface area contributed by atoms with Gasteiger partial charge in [0.05, 0.1) is 18.4 Å². The van der Waals surface area contributed by atoms with Crippen LogP contribution in [0.1, 0.15) is 26.3 Å². The van der Waals surface area contributed by atoms with Crippen molar-refractivity contribution in [2.75, 3.05) is 26.2 Å². The number of urea groups is 1. The summed E-state index contributed by atoms with van der Waals surface area (Å²) >= 11 is 0. The normalized spacial score (nSPS) is 23.5. The second-order valence-electron chi connectivity index (χ2n) is 6.47. The number of ether oxygens (including phenoxy) is 1. The Morgan fingerprint density at radius 1 is 1.39 bits per heavy atom. The van der Waals surface area contributed by atoms with E-state index in [1.165, 1.54) is 0 Å². The van der Waals surface area contributed by atoms with Crippen molar-refractivity contribution in [3.63, 3.8) is 0 Å². The number of carbonyl (C=O) groups is 1. The molecule has 23 heavy (non-hydrogen) atoms. The predicted molar refractivity (Wildman–Crippen MR) is 89.4 cm³/mol. The van der Waals surface area contributed by atoms with E-state index in [4.69, 9.17) is 4.74 Å². The average molecular weight is 323 g/mol. The highest BCUT2D eigenvalue weighted by atomic mass is 16.5. The monoisotopic (exact) mass is 323 g/mol. The number of nitrogens with one attached hydrogen (secondary N) is 2. The molecule has 2 rings (SSSR count). The summed E-state index contributed by atoms with van der Waals surface area (Å²) in [5.41, 5.74) is 1.12. The highest BCUT2D eigenvalue weighted by Gasteiger charge is 2.25. The molecule has 0 aliphatic carbocycles. The topological polar surface area (TPSA) is 71.4 Å². The molecule has 0 bridgehead atoms. The summed E-state index contributed by atoms with van der Waals surface area (Å²) in [6.07, 6.45) is 5.06. The first-order valence-corrected chi connectivity index (χ1v) is 8.32. The van der Waals surface area contributed by atoms with Crippen LogP contribution < -0.4 is 10.6 Å². The largest absolute Gasteiger partial charge is 0.373 e. The van der Waals surface area contributed by atoms with E-state index in [1.807, 2.05) is 19.4 Å². The first-order chi connectivity index (χ1) is 10.9. The smallest absolute Gasteiger partial charge is 0.314 e. The molecule has 7 heteroatoms. The van der Waals surface area contributed by atoms with Crippen molar-refractivity contribution in [3.8, 4) is 0 Å². The van der Waals surface area contributed by atoms with Crippen LogP contribution in [0.5, 0.6) is 0 Å². The Bertz CT molecular complexity index is 494. The maximum absolute atomic E-state index is 11.9. The van der Waals surface area contributed by atoms with Crippen LogP contribution >= 0.6 is 0 Å². The fourth-order valence-corrected chi connectivity index (χ4v) is 2.93. The molecule has 0 spiro atoms. The molecule has 1 aliphatic heterocycles. The third kappa shape index (κ3) is 5.84. The SMILES string of the molecule is C[C@@H]1CN([C@H](C)CNC(=O)NCCc2cnn(C)c2)C[C@H](C)O1. The summed E-state index contributed by atoms with van der Waals surface area (Å²) in [5.74, 6) is 0. The van der Waals surface area contributed by atoms with Gasteiger partial charge in [0.1, 0.15) is 0 Å². The Morgan fingerprint density at radius 3 is 2.70 bits per heavy atom. The van der Waals surface area contributed by atoms with Gasteiger partial charge in [-0.3, -0.25) is 9.58 Å². The third-order valence-corrected chi connectivity index (χ3v) is 4.09. The van der Waals surface area contributed by atoms with E-state index < -0.39 is 0 Å². The van der Waals surface area contributed by atoms with Gasteiger partial charge in [-0.05, 0) is 32.8 Å². The molecule has 2 heterocycles. The molecule has 1 aliphatic rings. The highest BCUT2D eigenvalue weighted by molar-refractivity contribution is 5.73. The average Bonchev–Trinajstić information content (AvgIpc) is 2.89. The zero-order chi connectivity index (χ0) is 16.8. The van der Waals surface area contributed by atoms with E-state index in [2.05, 4.69) is 41.4 Å². The number of hydrogen-bond donors (Lipinski definition) is 2. The number of morpholine rings is 1. The Balaban J connectivity index is 1.63. The Kier molecular flexibility index (Phi) is 6.41. The Labute approximate surface area is 138 Å². The van der Waals surface area contributed by atoms with Gasteiger partial charge in [0.15, 0.2) is 0 Å². The molecule has 0 saturated carbocycles. The fourth-order valence-electron chi connectivity index (χ4n) is 2.93. The number of amides is 2. The molecule has 1 saturated heterocycles. The standard InChI is InChI=1S/C16H29N5O2/c1-12(21-9-13(2)23-14(3)10-21)7-18-16(22)17-6-5-15-8-19-20(4)11-15/h8,11-14H,5-7,9-10H2,1-4H3,(H2,17,18,22)/t12-,13-,14+/m1/s1. The number of carbonyl (C=O) groups excluding carboxylic acids is 1. The summed E-state index contributed by atoms with van der Waals surface area (Å²) in [5, 5.41) is 9.94. The Hall–Kier alpha value is -1.60. The van der Waals surface area contributed by atoms with E-state index in [0.29, 0.717) is 19.1 Å². The zero-order valence-electron chi connectivity index (χ0n) is 14.6. The van der Waals surface area contributed by atoms with Gasteiger partial charge < -0.3 is 15.4 Å². The first-order valence-electron chi connectivity index (χ1n) is 8.32. The molecule has 0 radical (unpaired) electrons. The lowest BCUT2D eigenvalue weighted by Gasteiger charge is -2.38. The lowest BCUT2D eigenvalue weighted by atomic mass is 10.2. The fraction of sp³-hybridized carbons (Fsp3) is 0.750. The van der Waals surface area contributed by atoms with Gasteiger partial charge in [0, 0.05) is 45.5 Å². The van der Waals surface area contributed by atoms with Gasteiger partial charge in [-0.2, -0.15) is 5.10 Å². The van der Waals surface area contributed by atoms with Gasteiger partial charge in [0.2, 0.25) is 0 Å². The van der Waals surface area contributed by atoms with Gasteiger partial charge in [-0.15, -0.1) is 0 Å². The van der Waals surface area contributed by atoms with Crippen LogP contribution in [-0.2, 0) is 18.2 Å². The van der Waals surface area contributed by atoms with E-state index in [9.17, 15) is 4.79 Å².